The van der Waals surface area contributed by atoms with Gasteiger partial charge in [0.05, 0.1) is 0 Å². The zero-order chi connectivity index (χ0) is 5.70. The predicted molar refractivity (Wildman–Crippen MR) is 16.9 cm³/mol. The highest BCUT2D eigenvalue weighted by atomic mass is 17.3. The molecule has 6 nitrogen and oxygen atoms in total. The summed E-state index contributed by atoms with van der Waals surface area (Å²) in [6.45, 7) is 0. The molecule has 42 valence electrons. The zero-order valence-corrected chi connectivity index (χ0v) is 3.14. The minimum absolute atomic E-state index is 1.85. The van der Waals surface area contributed by atoms with Gasteiger partial charge in [-0.05, 0) is 0 Å². The van der Waals surface area contributed by atoms with Crippen LogP contribution in [0.2, 0.25) is 0 Å². The molecule has 3 N–H and O–H groups in total. The fourth-order valence-corrected chi connectivity index (χ4v) is 0.0577. The van der Waals surface area contributed by atoms with Crippen LogP contribution in [-0.2, 0) is 14.4 Å². The summed E-state index contributed by atoms with van der Waals surface area (Å²) in [5, 5.41) is 22.4. The van der Waals surface area contributed by atoms with E-state index in [1.54, 1.807) is 0 Å². The smallest absolute Gasteiger partial charge is 0.262 e. The van der Waals surface area contributed by atoms with E-state index < -0.39 is 7.32 Å². The van der Waals surface area contributed by atoms with Crippen LogP contribution >= 0.6 is 0 Å². The highest BCUT2D eigenvalue weighted by molar-refractivity contribution is 6.35. The largest absolute Gasteiger partial charge is 0.724 e. The molecule has 7 heteroatoms. The van der Waals surface area contributed by atoms with E-state index in [9.17, 15) is 0 Å². The summed E-state index contributed by atoms with van der Waals surface area (Å²) >= 11 is 0. The Kier molecular flexibility index (Phi) is 3.90. The average Bonchev–Trinajstić information content (AvgIpc) is 1.72. The molecule has 0 fully saturated rings. The first-order valence-electron chi connectivity index (χ1n) is 1.25. The molecular formula is H3BO6. The molecule has 0 aliphatic heterocycles. The van der Waals surface area contributed by atoms with Crippen molar-refractivity contribution < 1.29 is 30.2 Å². The molecule has 0 unspecified atom stereocenters. The van der Waals surface area contributed by atoms with Crippen LogP contribution in [-0.4, -0.2) is 23.1 Å². The van der Waals surface area contributed by atoms with Gasteiger partial charge in [0.25, 0.3) is 0 Å². The lowest BCUT2D eigenvalue weighted by Crippen LogP contribution is -2.22. The lowest BCUT2D eigenvalue weighted by molar-refractivity contribution is -0.300. The van der Waals surface area contributed by atoms with Crippen molar-refractivity contribution >= 4 is 7.32 Å². The third kappa shape index (κ3) is 2.51. The van der Waals surface area contributed by atoms with Gasteiger partial charge >= 0.3 is 7.32 Å². The van der Waals surface area contributed by atoms with Crippen LogP contribution in [0.4, 0.5) is 0 Å². The Morgan fingerprint density at radius 3 is 1.14 bits per heavy atom. The van der Waals surface area contributed by atoms with Gasteiger partial charge in [-0.1, -0.05) is 0 Å². The van der Waals surface area contributed by atoms with Gasteiger partial charge in [0, 0.05) is 0 Å². The molecule has 0 aliphatic carbocycles. The molecule has 0 rings (SSSR count). The Bertz CT molecular complexity index is 25.7. The van der Waals surface area contributed by atoms with Gasteiger partial charge in [-0.3, -0.25) is 15.8 Å². The second-order valence-electron chi connectivity index (χ2n) is 0.605. The number of hydrogen-bond acceptors (Lipinski definition) is 6. The summed E-state index contributed by atoms with van der Waals surface area (Å²) < 4.78 is 0. The fraction of sp³-hybridized carbons (Fsp3) is 0. The molecule has 0 radical (unpaired) electrons. The van der Waals surface area contributed by atoms with Gasteiger partial charge in [0.2, 0.25) is 0 Å². The molecule has 0 bridgehead atoms. The van der Waals surface area contributed by atoms with Crippen molar-refractivity contribution in [1.29, 1.82) is 0 Å². The summed E-state index contributed by atoms with van der Waals surface area (Å²) in [5.41, 5.74) is 0. The van der Waals surface area contributed by atoms with Gasteiger partial charge in [-0.25, -0.2) is 14.4 Å². The van der Waals surface area contributed by atoms with Gasteiger partial charge < -0.3 is 0 Å². The topological polar surface area (TPSA) is 88.4 Å². The van der Waals surface area contributed by atoms with E-state index in [-0.39, 0.29) is 0 Å². The number of hydrogen-bond donors (Lipinski definition) is 3. The molecule has 0 aliphatic rings. The first kappa shape index (κ1) is 6.82. The molecule has 0 saturated carbocycles. The van der Waals surface area contributed by atoms with Crippen LogP contribution in [0.25, 0.3) is 0 Å². The van der Waals surface area contributed by atoms with Crippen molar-refractivity contribution in [3.05, 3.63) is 0 Å². The molecule has 7 heavy (non-hydrogen) atoms. The van der Waals surface area contributed by atoms with Crippen LogP contribution < -0.4 is 0 Å². The van der Waals surface area contributed by atoms with E-state index in [0.29, 0.717) is 0 Å². The maximum atomic E-state index is 7.46. The predicted octanol–water partition coefficient (Wildman–Crippen LogP) is -0.560. The standard InChI is InChI=1S/BH3O6/c2-5-1(6-3)7-4/h2-4H. The first-order chi connectivity index (χ1) is 3.35. The lowest BCUT2D eigenvalue weighted by atomic mass is 10.3. The van der Waals surface area contributed by atoms with Gasteiger partial charge in [0.1, 0.15) is 0 Å². The van der Waals surface area contributed by atoms with Crippen molar-refractivity contribution in [1.82, 2.24) is 0 Å². The first-order valence-corrected chi connectivity index (χ1v) is 1.25. The summed E-state index contributed by atoms with van der Waals surface area (Å²) in [7, 11) is -1.85. The van der Waals surface area contributed by atoms with Crippen LogP contribution in [0.15, 0.2) is 0 Å². The Balaban J connectivity index is 2.99. The summed E-state index contributed by atoms with van der Waals surface area (Å²) in [6, 6.07) is 0. The lowest BCUT2D eigenvalue weighted by Gasteiger charge is -1.95. The highest BCUT2D eigenvalue weighted by Gasteiger charge is 2.20. The van der Waals surface area contributed by atoms with Crippen LogP contribution in [0, 0.1) is 0 Å². The second kappa shape index (κ2) is 4.00. The van der Waals surface area contributed by atoms with E-state index in [2.05, 4.69) is 14.4 Å². The maximum absolute atomic E-state index is 7.46. The Morgan fingerprint density at radius 1 is 0.857 bits per heavy atom. The molecule has 0 amide bonds. The van der Waals surface area contributed by atoms with E-state index >= 15 is 0 Å². The SMILES string of the molecule is OOB(OO)OO. The van der Waals surface area contributed by atoms with Crippen molar-refractivity contribution in [2.24, 2.45) is 0 Å². The third-order valence-electron chi connectivity index (χ3n) is 0.258. The normalized spacial score (nSPS) is 9.00. The van der Waals surface area contributed by atoms with Crippen molar-refractivity contribution in [3.8, 4) is 0 Å². The highest BCUT2D eigenvalue weighted by Crippen LogP contribution is 1.80. The van der Waals surface area contributed by atoms with Crippen molar-refractivity contribution in [2.75, 3.05) is 0 Å². The maximum Gasteiger partial charge on any atom is 0.724 e. The monoisotopic (exact) mass is 110 g/mol. The molecular weight excluding hydrogens is 107 g/mol. The molecule has 0 saturated heterocycles. The summed E-state index contributed by atoms with van der Waals surface area (Å²) in [4.78, 5) is 9.31. The van der Waals surface area contributed by atoms with Gasteiger partial charge in [-0.15, -0.1) is 0 Å². The second-order valence-corrected chi connectivity index (χ2v) is 0.605. The number of rotatable bonds is 3. The van der Waals surface area contributed by atoms with Crippen LogP contribution in [0.1, 0.15) is 0 Å². The van der Waals surface area contributed by atoms with Gasteiger partial charge in [0.15, 0.2) is 0 Å². The molecule has 0 aromatic rings. The van der Waals surface area contributed by atoms with E-state index in [1.165, 1.54) is 0 Å². The zero-order valence-electron chi connectivity index (χ0n) is 3.14. The minimum Gasteiger partial charge on any atom is -0.262 e. The van der Waals surface area contributed by atoms with Crippen LogP contribution in [0.3, 0.4) is 0 Å². The molecule has 0 aromatic heterocycles. The van der Waals surface area contributed by atoms with Crippen molar-refractivity contribution in [2.45, 2.75) is 0 Å². The summed E-state index contributed by atoms with van der Waals surface area (Å²) in [5.74, 6) is 0. The molecule has 0 aromatic carbocycles. The quantitative estimate of drug-likeness (QED) is 0.256. The van der Waals surface area contributed by atoms with Gasteiger partial charge in [-0.2, -0.15) is 0 Å². The Hall–Kier alpha value is -0.175. The molecule has 0 spiro atoms. The van der Waals surface area contributed by atoms with Crippen LogP contribution in [0.5, 0.6) is 0 Å². The average molecular weight is 110 g/mol. The Morgan fingerprint density at radius 2 is 1.14 bits per heavy atom. The minimum atomic E-state index is -1.85. The molecule has 0 atom stereocenters. The van der Waals surface area contributed by atoms with E-state index in [0.717, 1.165) is 0 Å². The summed E-state index contributed by atoms with van der Waals surface area (Å²) in [6.07, 6.45) is 0. The van der Waals surface area contributed by atoms with Crippen molar-refractivity contribution in [3.63, 3.8) is 0 Å². The fourth-order valence-electron chi connectivity index (χ4n) is 0.0577. The van der Waals surface area contributed by atoms with E-state index in [4.69, 9.17) is 15.8 Å². The van der Waals surface area contributed by atoms with E-state index in [1.807, 2.05) is 0 Å². The Labute approximate surface area is 38.8 Å². The third-order valence-corrected chi connectivity index (χ3v) is 0.258. The molecule has 0 heterocycles.